The highest BCUT2D eigenvalue weighted by Gasteiger charge is 2.24. The molecule has 5 N–H and O–H groups in total. The summed E-state index contributed by atoms with van der Waals surface area (Å²) in [5.41, 5.74) is 5.48. The highest BCUT2D eigenvalue weighted by atomic mass is 16.4. The fourth-order valence-electron chi connectivity index (χ4n) is 1.38. The first-order valence-corrected chi connectivity index (χ1v) is 5.74. The third kappa shape index (κ3) is 6.85. The van der Waals surface area contributed by atoms with Crippen LogP contribution in [0.25, 0.3) is 0 Å². The van der Waals surface area contributed by atoms with Crippen molar-refractivity contribution in [3.63, 3.8) is 0 Å². The molecule has 7 nitrogen and oxygen atoms in total. The molecule has 0 aliphatic heterocycles. The Labute approximate surface area is 105 Å². The normalized spacial score (nSPS) is 14.0. The molecule has 2 atom stereocenters. The van der Waals surface area contributed by atoms with Crippen molar-refractivity contribution in [3.8, 4) is 0 Å². The second kappa shape index (κ2) is 7.65. The smallest absolute Gasteiger partial charge is 0.326 e. The monoisotopic (exact) mass is 260 g/mol. The van der Waals surface area contributed by atoms with Gasteiger partial charge in [0.15, 0.2) is 0 Å². The summed E-state index contributed by atoms with van der Waals surface area (Å²) < 4.78 is 0. The molecule has 0 radical (unpaired) electrons. The van der Waals surface area contributed by atoms with Crippen molar-refractivity contribution < 1.29 is 24.6 Å². The van der Waals surface area contributed by atoms with Gasteiger partial charge in [-0.05, 0) is 18.8 Å². The third-order valence-corrected chi connectivity index (χ3v) is 2.33. The number of aliphatic carboxylic acids is 2. The number of hydrogen-bond donors (Lipinski definition) is 4. The molecule has 0 heterocycles. The zero-order valence-corrected chi connectivity index (χ0v) is 10.5. The van der Waals surface area contributed by atoms with E-state index in [1.165, 1.54) is 0 Å². The minimum atomic E-state index is -1.12. The second-order valence-corrected chi connectivity index (χ2v) is 4.57. The first-order valence-electron chi connectivity index (χ1n) is 5.74. The zero-order valence-electron chi connectivity index (χ0n) is 10.5. The van der Waals surface area contributed by atoms with Crippen LogP contribution in [0.2, 0.25) is 0 Å². The van der Waals surface area contributed by atoms with E-state index in [4.69, 9.17) is 15.9 Å². The van der Waals surface area contributed by atoms with Crippen LogP contribution in [0.1, 0.15) is 33.1 Å². The Morgan fingerprint density at radius 1 is 1.22 bits per heavy atom. The van der Waals surface area contributed by atoms with Crippen LogP contribution in [0.3, 0.4) is 0 Å². The minimum Gasteiger partial charge on any atom is -0.481 e. The summed E-state index contributed by atoms with van der Waals surface area (Å²) in [4.78, 5) is 32.8. The highest BCUT2D eigenvalue weighted by Crippen LogP contribution is 2.05. The van der Waals surface area contributed by atoms with Gasteiger partial charge in [0.2, 0.25) is 5.91 Å². The van der Waals surface area contributed by atoms with E-state index in [9.17, 15) is 14.4 Å². The Morgan fingerprint density at radius 2 is 1.78 bits per heavy atom. The Bertz CT molecular complexity index is 317. The van der Waals surface area contributed by atoms with Crippen LogP contribution in [-0.2, 0) is 14.4 Å². The van der Waals surface area contributed by atoms with Gasteiger partial charge in [0.1, 0.15) is 6.04 Å². The molecule has 0 saturated carbocycles. The van der Waals surface area contributed by atoms with E-state index in [1.54, 1.807) is 0 Å². The fourth-order valence-corrected chi connectivity index (χ4v) is 1.38. The van der Waals surface area contributed by atoms with Gasteiger partial charge in [0.25, 0.3) is 0 Å². The molecule has 18 heavy (non-hydrogen) atoms. The number of carboxylic acids is 2. The van der Waals surface area contributed by atoms with Crippen LogP contribution in [0, 0.1) is 5.92 Å². The van der Waals surface area contributed by atoms with E-state index < -0.39 is 29.9 Å². The molecular weight excluding hydrogens is 240 g/mol. The Morgan fingerprint density at radius 3 is 2.17 bits per heavy atom. The van der Waals surface area contributed by atoms with Crippen LogP contribution in [0.5, 0.6) is 0 Å². The summed E-state index contributed by atoms with van der Waals surface area (Å²) in [5.74, 6) is -2.69. The molecule has 7 heteroatoms. The molecule has 0 aromatic carbocycles. The van der Waals surface area contributed by atoms with Crippen molar-refractivity contribution in [2.75, 3.05) is 0 Å². The predicted molar refractivity (Wildman–Crippen MR) is 63.9 cm³/mol. The van der Waals surface area contributed by atoms with Crippen molar-refractivity contribution in [2.24, 2.45) is 11.7 Å². The standard InChI is InChI=1S/C11H20N2O5/c1-6(2)5-8(11(17)18)13-10(16)7(12)3-4-9(14)15/h6-8H,3-5,12H2,1-2H3,(H,13,16)(H,14,15)(H,17,18)/t7?,8-/m1/s1. The lowest BCUT2D eigenvalue weighted by atomic mass is 10.0. The van der Waals surface area contributed by atoms with Crippen molar-refractivity contribution in [1.29, 1.82) is 0 Å². The maximum Gasteiger partial charge on any atom is 0.326 e. The zero-order chi connectivity index (χ0) is 14.3. The lowest BCUT2D eigenvalue weighted by molar-refractivity contribution is -0.143. The van der Waals surface area contributed by atoms with Crippen molar-refractivity contribution in [2.45, 2.75) is 45.2 Å². The van der Waals surface area contributed by atoms with Gasteiger partial charge in [-0.15, -0.1) is 0 Å². The molecular formula is C11H20N2O5. The number of amides is 1. The Hall–Kier alpha value is -1.63. The molecule has 0 aromatic heterocycles. The number of carbonyl (C=O) groups excluding carboxylic acids is 1. The first kappa shape index (κ1) is 16.4. The van der Waals surface area contributed by atoms with Crippen molar-refractivity contribution in [3.05, 3.63) is 0 Å². The van der Waals surface area contributed by atoms with Gasteiger partial charge in [-0.25, -0.2) is 4.79 Å². The van der Waals surface area contributed by atoms with E-state index in [1.807, 2.05) is 13.8 Å². The van der Waals surface area contributed by atoms with E-state index >= 15 is 0 Å². The lowest BCUT2D eigenvalue weighted by Gasteiger charge is -2.18. The summed E-state index contributed by atoms with van der Waals surface area (Å²) in [6.45, 7) is 3.68. The average molecular weight is 260 g/mol. The van der Waals surface area contributed by atoms with Crippen LogP contribution < -0.4 is 11.1 Å². The Kier molecular flexibility index (Phi) is 6.96. The molecule has 1 amide bonds. The summed E-state index contributed by atoms with van der Waals surface area (Å²) in [7, 11) is 0. The SMILES string of the molecule is CC(C)C[C@@H](NC(=O)C(N)CCC(=O)O)C(=O)O. The molecule has 104 valence electrons. The first-order chi connectivity index (χ1) is 8.23. The van der Waals surface area contributed by atoms with Gasteiger partial charge in [0, 0.05) is 6.42 Å². The van der Waals surface area contributed by atoms with E-state index in [2.05, 4.69) is 5.32 Å². The molecule has 0 fully saturated rings. The average Bonchev–Trinajstić information content (AvgIpc) is 2.23. The molecule has 1 unspecified atom stereocenters. The summed E-state index contributed by atoms with van der Waals surface area (Å²) in [6, 6.07) is -2.00. The lowest BCUT2D eigenvalue weighted by Crippen LogP contribution is -2.49. The number of carbonyl (C=O) groups is 3. The van der Waals surface area contributed by atoms with Gasteiger partial charge in [0.05, 0.1) is 6.04 Å². The number of nitrogens with two attached hydrogens (primary N) is 1. The number of nitrogens with one attached hydrogen (secondary N) is 1. The molecule has 0 bridgehead atoms. The Balaban J connectivity index is 4.31. The largest absolute Gasteiger partial charge is 0.481 e. The fraction of sp³-hybridized carbons (Fsp3) is 0.727. The summed E-state index contributed by atoms with van der Waals surface area (Å²) in [6.07, 6.45) is 0.0540. The van der Waals surface area contributed by atoms with Crippen molar-refractivity contribution in [1.82, 2.24) is 5.32 Å². The number of hydrogen-bond acceptors (Lipinski definition) is 4. The molecule has 0 aliphatic carbocycles. The maximum absolute atomic E-state index is 11.6. The highest BCUT2D eigenvalue weighted by molar-refractivity contribution is 5.87. The molecule has 0 saturated heterocycles. The second-order valence-electron chi connectivity index (χ2n) is 4.57. The van der Waals surface area contributed by atoms with Crippen LogP contribution in [-0.4, -0.2) is 40.1 Å². The van der Waals surface area contributed by atoms with E-state index in [0.29, 0.717) is 6.42 Å². The third-order valence-electron chi connectivity index (χ3n) is 2.33. The quantitative estimate of drug-likeness (QED) is 0.478. The van der Waals surface area contributed by atoms with Gasteiger partial charge < -0.3 is 21.3 Å². The number of rotatable bonds is 8. The van der Waals surface area contributed by atoms with Gasteiger partial charge in [-0.1, -0.05) is 13.8 Å². The van der Waals surface area contributed by atoms with Gasteiger partial charge in [-0.3, -0.25) is 9.59 Å². The van der Waals surface area contributed by atoms with Gasteiger partial charge in [-0.2, -0.15) is 0 Å². The summed E-state index contributed by atoms with van der Waals surface area (Å²) in [5, 5.41) is 19.7. The van der Waals surface area contributed by atoms with Gasteiger partial charge >= 0.3 is 11.9 Å². The maximum atomic E-state index is 11.6. The van der Waals surface area contributed by atoms with E-state index in [0.717, 1.165) is 0 Å². The number of carboxylic acid groups (broad SMARTS) is 2. The molecule has 0 aliphatic rings. The van der Waals surface area contributed by atoms with Crippen LogP contribution >= 0.6 is 0 Å². The van der Waals surface area contributed by atoms with Crippen LogP contribution in [0.4, 0.5) is 0 Å². The van der Waals surface area contributed by atoms with Crippen molar-refractivity contribution >= 4 is 17.8 Å². The molecule has 0 spiro atoms. The predicted octanol–water partition coefficient (Wildman–Crippen LogP) is -0.206. The molecule has 0 aromatic rings. The topological polar surface area (TPSA) is 130 Å². The van der Waals surface area contributed by atoms with Crippen LogP contribution in [0.15, 0.2) is 0 Å². The molecule has 0 rings (SSSR count). The van der Waals surface area contributed by atoms with E-state index in [-0.39, 0.29) is 18.8 Å². The minimum absolute atomic E-state index is 0.0187. The summed E-state index contributed by atoms with van der Waals surface area (Å²) >= 11 is 0.